The molecule has 4 heterocycles. The molecule has 11 nitrogen and oxygen atoms in total. The van der Waals surface area contributed by atoms with Crippen molar-refractivity contribution in [2.45, 2.75) is 20.0 Å². The molecule has 144 valence electrons. The zero-order valence-electron chi connectivity index (χ0n) is 15.3. The Morgan fingerprint density at radius 2 is 1.79 bits per heavy atom. The summed E-state index contributed by atoms with van der Waals surface area (Å²) in [5.74, 6) is 0.606. The van der Waals surface area contributed by atoms with Crippen LogP contribution in [0.15, 0.2) is 56.8 Å². The van der Waals surface area contributed by atoms with Gasteiger partial charge in [0.25, 0.3) is 5.56 Å². The lowest BCUT2D eigenvalue weighted by Crippen LogP contribution is -2.23. The van der Waals surface area contributed by atoms with Crippen LogP contribution in [0.25, 0.3) is 28.3 Å². The first-order valence-corrected chi connectivity index (χ1v) is 8.88. The van der Waals surface area contributed by atoms with Crippen molar-refractivity contribution >= 4 is 16.7 Å². The smallest absolute Gasteiger partial charge is 0.295 e. The van der Waals surface area contributed by atoms with Crippen molar-refractivity contribution in [1.29, 1.82) is 0 Å². The topological polar surface area (TPSA) is 126 Å². The minimum absolute atomic E-state index is 0.0169. The number of nitrogens with zero attached hydrogens (tertiary/aromatic N) is 8. The predicted molar refractivity (Wildman–Crippen MR) is 101 cm³/mol. The average Bonchev–Trinajstić information content (AvgIpc) is 3.34. The Bertz CT molecular complexity index is 1460. The maximum Gasteiger partial charge on any atom is 0.442 e. The third-order valence-corrected chi connectivity index (χ3v) is 4.64. The molecule has 0 N–H and O–H groups in total. The molecule has 0 saturated carbocycles. The molecule has 0 fully saturated rings. The van der Waals surface area contributed by atoms with Crippen LogP contribution in [0.1, 0.15) is 12.7 Å². The number of fused-ring (bicyclic) bond motifs is 3. The highest BCUT2D eigenvalue weighted by atomic mass is 16.5. The second-order valence-corrected chi connectivity index (χ2v) is 6.25. The standard InChI is InChI=1S/C18H14N8O3/c1-2-24-16(27)11-6-3-4-7-12(11)26-13(21-22-17(24)26)10-25-15(23-29-18(25)28)14-19-8-5-9-20-14/h3-9H,2,10H2,1H3. The quantitative estimate of drug-likeness (QED) is 0.439. The molecule has 29 heavy (non-hydrogen) atoms. The number of aromatic nitrogens is 8. The molecule has 0 amide bonds. The van der Waals surface area contributed by atoms with Crippen LogP contribution >= 0.6 is 0 Å². The van der Waals surface area contributed by atoms with Crippen molar-refractivity contribution in [3.05, 3.63) is 69.5 Å². The van der Waals surface area contributed by atoms with Crippen molar-refractivity contribution in [2.24, 2.45) is 0 Å². The van der Waals surface area contributed by atoms with Gasteiger partial charge in [-0.15, -0.1) is 10.2 Å². The van der Waals surface area contributed by atoms with Crippen LogP contribution < -0.4 is 11.3 Å². The van der Waals surface area contributed by atoms with Crippen molar-refractivity contribution in [2.75, 3.05) is 0 Å². The van der Waals surface area contributed by atoms with E-state index in [1.165, 1.54) is 9.13 Å². The van der Waals surface area contributed by atoms with E-state index in [1.54, 1.807) is 35.0 Å². The summed E-state index contributed by atoms with van der Waals surface area (Å²) in [6, 6.07) is 8.86. The van der Waals surface area contributed by atoms with Crippen LogP contribution in [0.4, 0.5) is 0 Å². The molecule has 4 aromatic heterocycles. The molecule has 0 bridgehead atoms. The van der Waals surface area contributed by atoms with E-state index >= 15 is 0 Å². The van der Waals surface area contributed by atoms with E-state index in [2.05, 4.69) is 25.3 Å². The molecule has 0 aliphatic heterocycles. The Labute approximate surface area is 161 Å². The molecule has 0 aliphatic rings. The van der Waals surface area contributed by atoms with Gasteiger partial charge in [-0.2, -0.15) is 0 Å². The van der Waals surface area contributed by atoms with E-state index < -0.39 is 5.76 Å². The van der Waals surface area contributed by atoms with Gasteiger partial charge in [-0.25, -0.2) is 19.3 Å². The average molecular weight is 390 g/mol. The Hall–Kier alpha value is -4.15. The number of hydrogen-bond acceptors (Lipinski definition) is 8. The van der Waals surface area contributed by atoms with Crippen LogP contribution in [0.5, 0.6) is 0 Å². The Kier molecular flexibility index (Phi) is 3.79. The maximum atomic E-state index is 12.8. The monoisotopic (exact) mass is 390 g/mol. The molecule has 0 aliphatic carbocycles. The number of para-hydroxylation sites is 1. The maximum absolute atomic E-state index is 12.8. The molecule has 0 spiro atoms. The van der Waals surface area contributed by atoms with E-state index in [-0.39, 0.29) is 23.8 Å². The first kappa shape index (κ1) is 17.0. The van der Waals surface area contributed by atoms with Crippen LogP contribution in [0, 0.1) is 0 Å². The van der Waals surface area contributed by atoms with Gasteiger partial charge in [0.15, 0.2) is 11.6 Å². The Morgan fingerprint density at radius 3 is 2.59 bits per heavy atom. The van der Waals surface area contributed by atoms with Gasteiger partial charge < -0.3 is 0 Å². The number of benzene rings is 1. The fourth-order valence-electron chi connectivity index (χ4n) is 3.33. The van der Waals surface area contributed by atoms with Crippen LogP contribution in [-0.2, 0) is 13.1 Å². The Balaban J connectivity index is 1.75. The predicted octanol–water partition coefficient (Wildman–Crippen LogP) is 0.719. The summed E-state index contributed by atoms with van der Waals surface area (Å²) in [5.41, 5.74) is 0.509. The van der Waals surface area contributed by atoms with E-state index in [0.717, 1.165) is 0 Å². The summed E-state index contributed by atoms with van der Waals surface area (Å²) < 4.78 is 9.40. The number of hydrogen-bond donors (Lipinski definition) is 0. The van der Waals surface area contributed by atoms with E-state index in [4.69, 9.17) is 4.52 Å². The SMILES string of the molecule is CCn1c(=O)c2ccccc2n2c(Cn3c(-c4ncccn4)noc3=O)nnc12. The fraction of sp³-hybridized carbons (Fsp3) is 0.167. The summed E-state index contributed by atoms with van der Waals surface area (Å²) in [4.78, 5) is 33.3. The fourth-order valence-corrected chi connectivity index (χ4v) is 3.33. The van der Waals surface area contributed by atoms with Crippen molar-refractivity contribution < 1.29 is 4.52 Å². The number of rotatable bonds is 4. The first-order valence-electron chi connectivity index (χ1n) is 8.88. The molecular weight excluding hydrogens is 376 g/mol. The molecule has 5 rings (SSSR count). The molecule has 0 unspecified atom stereocenters. The lowest BCUT2D eigenvalue weighted by Gasteiger charge is -2.09. The summed E-state index contributed by atoms with van der Waals surface area (Å²) in [7, 11) is 0. The van der Waals surface area contributed by atoms with Crippen LogP contribution in [0.3, 0.4) is 0 Å². The summed E-state index contributed by atoms with van der Waals surface area (Å²) >= 11 is 0. The summed E-state index contributed by atoms with van der Waals surface area (Å²) in [6.45, 7) is 2.31. The van der Waals surface area contributed by atoms with Crippen molar-refractivity contribution in [3.63, 3.8) is 0 Å². The second kappa shape index (κ2) is 6.48. The van der Waals surface area contributed by atoms with E-state index in [9.17, 15) is 9.59 Å². The lowest BCUT2D eigenvalue weighted by molar-refractivity contribution is 0.377. The second-order valence-electron chi connectivity index (χ2n) is 6.25. The van der Waals surface area contributed by atoms with Gasteiger partial charge in [-0.05, 0) is 25.1 Å². The van der Waals surface area contributed by atoms with Gasteiger partial charge in [0.05, 0.1) is 17.4 Å². The molecule has 0 saturated heterocycles. The first-order chi connectivity index (χ1) is 14.2. The largest absolute Gasteiger partial charge is 0.442 e. The van der Waals surface area contributed by atoms with Gasteiger partial charge >= 0.3 is 5.76 Å². The summed E-state index contributed by atoms with van der Waals surface area (Å²) in [6.07, 6.45) is 3.09. The molecular formula is C18H14N8O3. The van der Waals surface area contributed by atoms with Crippen LogP contribution in [-0.4, -0.2) is 38.9 Å². The number of aryl methyl sites for hydroxylation is 1. The van der Waals surface area contributed by atoms with Gasteiger partial charge in [0, 0.05) is 18.9 Å². The highest BCUT2D eigenvalue weighted by molar-refractivity contribution is 5.80. The van der Waals surface area contributed by atoms with Crippen LogP contribution in [0.2, 0.25) is 0 Å². The van der Waals surface area contributed by atoms with Gasteiger partial charge in [-0.3, -0.25) is 18.3 Å². The third kappa shape index (κ3) is 2.55. The zero-order chi connectivity index (χ0) is 20.0. The van der Waals surface area contributed by atoms with E-state index in [1.807, 2.05) is 19.1 Å². The summed E-state index contributed by atoms with van der Waals surface area (Å²) in [5, 5.41) is 12.7. The van der Waals surface area contributed by atoms with Gasteiger partial charge in [0.2, 0.25) is 11.6 Å². The molecule has 0 radical (unpaired) electrons. The molecule has 5 aromatic rings. The zero-order valence-corrected chi connectivity index (χ0v) is 15.3. The van der Waals surface area contributed by atoms with Crippen molar-refractivity contribution in [3.8, 4) is 11.6 Å². The highest BCUT2D eigenvalue weighted by Gasteiger charge is 2.20. The lowest BCUT2D eigenvalue weighted by atomic mass is 10.2. The Morgan fingerprint density at radius 1 is 1.00 bits per heavy atom. The van der Waals surface area contributed by atoms with Crippen molar-refractivity contribution in [1.82, 2.24) is 38.9 Å². The molecule has 0 atom stereocenters. The van der Waals surface area contributed by atoms with Gasteiger partial charge in [-0.1, -0.05) is 17.3 Å². The molecule has 1 aromatic carbocycles. The highest BCUT2D eigenvalue weighted by Crippen LogP contribution is 2.16. The minimum atomic E-state index is -0.669. The minimum Gasteiger partial charge on any atom is -0.295 e. The van der Waals surface area contributed by atoms with Gasteiger partial charge in [0.1, 0.15) is 0 Å². The third-order valence-electron chi connectivity index (χ3n) is 4.64. The molecule has 11 heteroatoms. The normalized spacial score (nSPS) is 11.5. The van der Waals surface area contributed by atoms with E-state index in [0.29, 0.717) is 29.0 Å².